The highest BCUT2D eigenvalue weighted by Crippen LogP contribution is 2.22. The van der Waals surface area contributed by atoms with Gasteiger partial charge in [-0.1, -0.05) is 29.3 Å². The van der Waals surface area contributed by atoms with E-state index in [1.165, 1.54) is 12.0 Å². The molecule has 0 radical (unpaired) electrons. The topological polar surface area (TPSA) is 24.1 Å². The van der Waals surface area contributed by atoms with Gasteiger partial charge in [-0.3, -0.25) is 0 Å². The van der Waals surface area contributed by atoms with Crippen LogP contribution >= 0.6 is 23.2 Å². The highest BCUT2D eigenvalue weighted by molar-refractivity contribution is 6.42. The molecule has 0 saturated carbocycles. The van der Waals surface area contributed by atoms with Crippen LogP contribution in [0.4, 0.5) is 0 Å². The lowest BCUT2D eigenvalue weighted by Crippen LogP contribution is -2.30. The highest BCUT2D eigenvalue weighted by Gasteiger charge is 2.13. The van der Waals surface area contributed by atoms with Crippen LogP contribution in [0.2, 0.25) is 10.0 Å². The third-order valence-corrected chi connectivity index (χ3v) is 3.38. The van der Waals surface area contributed by atoms with E-state index in [1.807, 2.05) is 18.2 Å². The summed E-state index contributed by atoms with van der Waals surface area (Å²) in [6.45, 7) is 3.02. The molecule has 1 fully saturated rings. The molecule has 2 N–H and O–H groups in total. The van der Waals surface area contributed by atoms with Crippen molar-refractivity contribution in [3.63, 3.8) is 0 Å². The molecular formula is C11H14Cl2N2. The highest BCUT2D eigenvalue weighted by atomic mass is 35.5. The molecule has 1 aliphatic heterocycles. The molecule has 1 heterocycles. The average molecular weight is 245 g/mol. The van der Waals surface area contributed by atoms with Crippen molar-refractivity contribution in [3.8, 4) is 0 Å². The van der Waals surface area contributed by atoms with E-state index in [9.17, 15) is 0 Å². The van der Waals surface area contributed by atoms with Crippen molar-refractivity contribution < 1.29 is 0 Å². The Bertz CT molecular complexity index is 335. The summed E-state index contributed by atoms with van der Waals surface area (Å²) < 4.78 is 0. The van der Waals surface area contributed by atoms with Gasteiger partial charge in [0.1, 0.15) is 0 Å². The summed E-state index contributed by atoms with van der Waals surface area (Å²) in [5.74, 6) is 0. The summed E-state index contributed by atoms with van der Waals surface area (Å²) in [5, 5.41) is 8.04. The van der Waals surface area contributed by atoms with E-state index in [-0.39, 0.29) is 0 Å². The van der Waals surface area contributed by atoms with Crippen molar-refractivity contribution >= 4 is 23.2 Å². The number of benzene rings is 1. The van der Waals surface area contributed by atoms with Gasteiger partial charge < -0.3 is 10.6 Å². The fourth-order valence-electron chi connectivity index (χ4n) is 1.74. The SMILES string of the molecule is Clc1ccc(CNC2CCNC2)cc1Cl. The minimum atomic E-state index is 0.583. The summed E-state index contributed by atoms with van der Waals surface area (Å²) in [6.07, 6.45) is 1.20. The Morgan fingerprint density at radius 2 is 2.20 bits per heavy atom. The second-order valence-electron chi connectivity index (χ2n) is 3.82. The van der Waals surface area contributed by atoms with E-state index < -0.39 is 0 Å². The standard InChI is InChI=1S/C11H14Cl2N2/c12-10-2-1-8(5-11(10)13)6-15-9-3-4-14-7-9/h1-2,5,9,14-15H,3-4,6-7H2. The van der Waals surface area contributed by atoms with Crippen LogP contribution < -0.4 is 10.6 Å². The monoisotopic (exact) mass is 244 g/mol. The Kier molecular flexibility index (Phi) is 3.87. The lowest BCUT2D eigenvalue weighted by atomic mass is 10.2. The van der Waals surface area contributed by atoms with Crippen LogP contribution in [0.25, 0.3) is 0 Å². The largest absolute Gasteiger partial charge is 0.315 e. The van der Waals surface area contributed by atoms with Crippen molar-refractivity contribution in [1.82, 2.24) is 10.6 Å². The van der Waals surface area contributed by atoms with Crippen LogP contribution in [0.1, 0.15) is 12.0 Å². The minimum Gasteiger partial charge on any atom is -0.315 e. The molecule has 0 amide bonds. The minimum absolute atomic E-state index is 0.583. The molecule has 1 atom stereocenters. The van der Waals surface area contributed by atoms with E-state index in [4.69, 9.17) is 23.2 Å². The second kappa shape index (κ2) is 5.17. The second-order valence-corrected chi connectivity index (χ2v) is 4.63. The van der Waals surface area contributed by atoms with Crippen molar-refractivity contribution in [2.45, 2.75) is 19.0 Å². The molecular weight excluding hydrogens is 231 g/mol. The quantitative estimate of drug-likeness (QED) is 0.854. The van der Waals surface area contributed by atoms with Crippen LogP contribution in [0, 0.1) is 0 Å². The van der Waals surface area contributed by atoms with Crippen LogP contribution in [0.5, 0.6) is 0 Å². The first-order valence-electron chi connectivity index (χ1n) is 5.14. The van der Waals surface area contributed by atoms with E-state index in [2.05, 4.69) is 10.6 Å². The van der Waals surface area contributed by atoms with Crippen LogP contribution in [-0.4, -0.2) is 19.1 Å². The third-order valence-electron chi connectivity index (χ3n) is 2.64. The molecule has 0 bridgehead atoms. The molecule has 82 valence electrons. The number of rotatable bonds is 3. The van der Waals surface area contributed by atoms with Crippen LogP contribution in [0.3, 0.4) is 0 Å². The summed E-state index contributed by atoms with van der Waals surface area (Å²) in [7, 11) is 0. The first kappa shape index (κ1) is 11.2. The Labute approximate surface area is 100.0 Å². The van der Waals surface area contributed by atoms with Crippen molar-refractivity contribution in [1.29, 1.82) is 0 Å². The fourth-order valence-corrected chi connectivity index (χ4v) is 2.06. The normalized spacial score (nSPS) is 20.8. The molecule has 0 aromatic heterocycles. The smallest absolute Gasteiger partial charge is 0.0595 e. The van der Waals surface area contributed by atoms with Gasteiger partial charge in [-0.25, -0.2) is 0 Å². The van der Waals surface area contributed by atoms with Gasteiger partial charge >= 0.3 is 0 Å². The zero-order valence-electron chi connectivity index (χ0n) is 8.39. The first-order chi connectivity index (χ1) is 7.25. The van der Waals surface area contributed by atoms with Crippen LogP contribution in [0.15, 0.2) is 18.2 Å². The molecule has 1 aromatic rings. The lowest BCUT2D eigenvalue weighted by molar-refractivity contribution is 0.547. The predicted octanol–water partition coefficient (Wildman–Crippen LogP) is 2.44. The average Bonchev–Trinajstić information content (AvgIpc) is 2.73. The first-order valence-corrected chi connectivity index (χ1v) is 5.89. The predicted molar refractivity (Wildman–Crippen MR) is 64.6 cm³/mol. The van der Waals surface area contributed by atoms with E-state index in [0.29, 0.717) is 16.1 Å². The number of hydrogen-bond donors (Lipinski definition) is 2. The number of nitrogens with one attached hydrogen (secondary N) is 2. The Morgan fingerprint density at radius 1 is 1.33 bits per heavy atom. The van der Waals surface area contributed by atoms with Gasteiger partial charge in [0.25, 0.3) is 0 Å². The molecule has 0 spiro atoms. The zero-order valence-corrected chi connectivity index (χ0v) is 9.91. The molecule has 1 aromatic carbocycles. The van der Waals surface area contributed by atoms with Gasteiger partial charge in [0, 0.05) is 19.1 Å². The van der Waals surface area contributed by atoms with Crippen LogP contribution in [-0.2, 0) is 6.54 Å². The summed E-state index contributed by atoms with van der Waals surface area (Å²) in [6, 6.07) is 6.34. The summed E-state index contributed by atoms with van der Waals surface area (Å²) in [5.41, 5.74) is 1.18. The maximum atomic E-state index is 5.94. The molecule has 0 aliphatic carbocycles. The molecule has 1 saturated heterocycles. The van der Waals surface area contributed by atoms with Gasteiger partial charge in [-0.05, 0) is 30.7 Å². The van der Waals surface area contributed by atoms with E-state index in [0.717, 1.165) is 19.6 Å². The van der Waals surface area contributed by atoms with Gasteiger partial charge in [0.2, 0.25) is 0 Å². The number of hydrogen-bond acceptors (Lipinski definition) is 2. The number of halogens is 2. The van der Waals surface area contributed by atoms with Gasteiger partial charge in [0.15, 0.2) is 0 Å². The molecule has 1 unspecified atom stereocenters. The lowest BCUT2D eigenvalue weighted by Gasteiger charge is -2.11. The summed E-state index contributed by atoms with van der Waals surface area (Å²) >= 11 is 11.8. The Balaban J connectivity index is 1.90. The van der Waals surface area contributed by atoms with E-state index in [1.54, 1.807) is 0 Å². The molecule has 4 heteroatoms. The summed E-state index contributed by atoms with van der Waals surface area (Å²) in [4.78, 5) is 0. The molecule has 1 aliphatic rings. The molecule has 2 nitrogen and oxygen atoms in total. The van der Waals surface area contributed by atoms with Crippen molar-refractivity contribution in [3.05, 3.63) is 33.8 Å². The van der Waals surface area contributed by atoms with Gasteiger partial charge in [-0.2, -0.15) is 0 Å². The van der Waals surface area contributed by atoms with E-state index >= 15 is 0 Å². The van der Waals surface area contributed by atoms with Gasteiger partial charge in [-0.15, -0.1) is 0 Å². The van der Waals surface area contributed by atoms with Crippen molar-refractivity contribution in [2.75, 3.05) is 13.1 Å². The molecule has 2 rings (SSSR count). The third kappa shape index (κ3) is 3.08. The maximum absolute atomic E-state index is 5.94. The van der Waals surface area contributed by atoms with Crippen molar-refractivity contribution in [2.24, 2.45) is 0 Å². The Morgan fingerprint density at radius 3 is 2.87 bits per heavy atom. The molecule has 15 heavy (non-hydrogen) atoms. The van der Waals surface area contributed by atoms with Gasteiger partial charge in [0.05, 0.1) is 10.0 Å². The maximum Gasteiger partial charge on any atom is 0.0595 e. The zero-order chi connectivity index (χ0) is 10.7. The fraction of sp³-hybridized carbons (Fsp3) is 0.455. The Hall–Kier alpha value is -0.280.